The molecule has 1 heterocycles. The molecular formula is C12H17N3O2. The molecule has 0 aliphatic carbocycles. The van der Waals surface area contributed by atoms with Gasteiger partial charge in [0.25, 0.3) is 0 Å². The maximum atomic E-state index is 11.4. The molecule has 0 radical (unpaired) electrons. The minimum absolute atomic E-state index is 0.00615. The Bertz CT molecular complexity index is 379. The normalized spacial score (nSPS) is 11.6. The lowest BCUT2D eigenvalue weighted by molar-refractivity contribution is -0.139. The second kappa shape index (κ2) is 6.62. The van der Waals surface area contributed by atoms with Crippen molar-refractivity contribution < 1.29 is 9.59 Å². The van der Waals surface area contributed by atoms with Gasteiger partial charge in [-0.05, 0) is 25.0 Å². The van der Waals surface area contributed by atoms with Gasteiger partial charge >= 0.3 is 11.8 Å². The average molecular weight is 235 g/mol. The summed E-state index contributed by atoms with van der Waals surface area (Å²) in [4.78, 5) is 26.7. The molecule has 1 aromatic heterocycles. The largest absolute Gasteiger partial charge is 0.345 e. The quantitative estimate of drug-likeness (QED) is 0.751. The van der Waals surface area contributed by atoms with Crippen molar-refractivity contribution in [3.8, 4) is 0 Å². The first kappa shape index (κ1) is 13.2. The Morgan fingerprint density at radius 2 is 2.18 bits per heavy atom. The minimum atomic E-state index is -0.617. The summed E-state index contributed by atoms with van der Waals surface area (Å²) in [5.41, 5.74) is 0.859. The van der Waals surface area contributed by atoms with Gasteiger partial charge in [0.2, 0.25) is 0 Å². The highest BCUT2D eigenvalue weighted by Crippen LogP contribution is 1.94. The number of carbonyl (C=O) groups is 2. The van der Waals surface area contributed by atoms with E-state index in [0.29, 0.717) is 6.54 Å². The molecule has 0 aromatic carbocycles. The predicted octanol–water partition coefficient (Wildman–Crippen LogP) is 0.612. The highest BCUT2D eigenvalue weighted by molar-refractivity contribution is 6.35. The van der Waals surface area contributed by atoms with Crippen molar-refractivity contribution >= 4 is 11.8 Å². The molecule has 17 heavy (non-hydrogen) atoms. The van der Waals surface area contributed by atoms with Crippen LogP contribution in [0.3, 0.4) is 0 Å². The Morgan fingerprint density at radius 3 is 2.76 bits per heavy atom. The van der Waals surface area contributed by atoms with Gasteiger partial charge < -0.3 is 10.6 Å². The Hall–Kier alpha value is -1.91. The Labute approximate surface area is 101 Å². The van der Waals surface area contributed by atoms with Crippen molar-refractivity contribution in [2.24, 2.45) is 0 Å². The van der Waals surface area contributed by atoms with Crippen LogP contribution in [0, 0.1) is 0 Å². The molecule has 1 aromatic rings. The molecule has 5 nitrogen and oxygen atoms in total. The van der Waals surface area contributed by atoms with E-state index < -0.39 is 11.8 Å². The summed E-state index contributed by atoms with van der Waals surface area (Å²) in [6.07, 6.45) is 4.09. The molecular weight excluding hydrogens is 218 g/mol. The van der Waals surface area contributed by atoms with Crippen molar-refractivity contribution in [3.63, 3.8) is 0 Å². The fourth-order valence-corrected chi connectivity index (χ4v) is 1.16. The third-order valence-electron chi connectivity index (χ3n) is 2.37. The first-order valence-electron chi connectivity index (χ1n) is 5.61. The molecule has 0 saturated heterocycles. The number of carbonyl (C=O) groups excluding carboxylic acids is 2. The zero-order valence-corrected chi connectivity index (χ0v) is 10.1. The maximum Gasteiger partial charge on any atom is 0.309 e. The van der Waals surface area contributed by atoms with Crippen LogP contribution in [0.15, 0.2) is 24.5 Å². The van der Waals surface area contributed by atoms with E-state index in [0.717, 1.165) is 12.0 Å². The van der Waals surface area contributed by atoms with Crippen molar-refractivity contribution in [2.45, 2.75) is 32.9 Å². The van der Waals surface area contributed by atoms with Crippen LogP contribution in [0.1, 0.15) is 25.8 Å². The van der Waals surface area contributed by atoms with E-state index >= 15 is 0 Å². The van der Waals surface area contributed by atoms with Crippen LogP contribution in [0.4, 0.5) is 0 Å². The summed E-state index contributed by atoms with van der Waals surface area (Å²) >= 11 is 0. The van der Waals surface area contributed by atoms with Crippen LogP contribution in [0.5, 0.6) is 0 Å². The van der Waals surface area contributed by atoms with E-state index in [1.165, 1.54) is 0 Å². The van der Waals surface area contributed by atoms with Gasteiger partial charge in [0, 0.05) is 25.0 Å². The lowest BCUT2D eigenvalue weighted by Crippen LogP contribution is -2.43. The number of hydrogen-bond donors (Lipinski definition) is 2. The van der Waals surface area contributed by atoms with Gasteiger partial charge in [-0.2, -0.15) is 0 Å². The number of nitrogens with zero attached hydrogens (tertiary/aromatic N) is 1. The summed E-state index contributed by atoms with van der Waals surface area (Å²) in [5.74, 6) is -1.21. The number of hydrogen-bond acceptors (Lipinski definition) is 3. The standard InChI is InChI=1S/C12H17N3O2/c1-3-9(2)15-12(17)11(16)14-8-10-5-4-6-13-7-10/h4-7,9H,3,8H2,1-2H3,(H,14,16)(H,15,17)/t9-/m1/s1. The Balaban J connectivity index is 2.37. The number of amides is 2. The molecule has 5 heteroatoms. The summed E-state index contributed by atoms with van der Waals surface area (Å²) < 4.78 is 0. The summed E-state index contributed by atoms with van der Waals surface area (Å²) in [6, 6.07) is 3.62. The molecule has 0 bridgehead atoms. The van der Waals surface area contributed by atoms with Gasteiger partial charge in [-0.1, -0.05) is 13.0 Å². The van der Waals surface area contributed by atoms with Crippen molar-refractivity contribution in [1.82, 2.24) is 15.6 Å². The van der Waals surface area contributed by atoms with E-state index in [9.17, 15) is 9.59 Å². The molecule has 0 saturated carbocycles. The molecule has 92 valence electrons. The van der Waals surface area contributed by atoms with E-state index in [4.69, 9.17) is 0 Å². The van der Waals surface area contributed by atoms with E-state index in [1.54, 1.807) is 18.5 Å². The molecule has 2 N–H and O–H groups in total. The summed E-state index contributed by atoms with van der Waals surface area (Å²) in [5, 5.41) is 5.14. The minimum Gasteiger partial charge on any atom is -0.345 e. The van der Waals surface area contributed by atoms with E-state index in [1.807, 2.05) is 19.9 Å². The zero-order chi connectivity index (χ0) is 12.7. The molecule has 1 rings (SSSR count). The van der Waals surface area contributed by atoms with Gasteiger partial charge in [0.1, 0.15) is 0 Å². The van der Waals surface area contributed by atoms with Crippen LogP contribution in [-0.4, -0.2) is 22.8 Å². The molecule has 1 atom stereocenters. The van der Waals surface area contributed by atoms with Crippen LogP contribution in [0.25, 0.3) is 0 Å². The Morgan fingerprint density at radius 1 is 1.41 bits per heavy atom. The highest BCUT2D eigenvalue weighted by atomic mass is 16.2. The molecule has 2 amide bonds. The number of rotatable bonds is 4. The second-order valence-electron chi connectivity index (χ2n) is 3.83. The fraction of sp³-hybridized carbons (Fsp3) is 0.417. The smallest absolute Gasteiger partial charge is 0.309 e. The average Bonchev–Trinajstić information content (AvgIpc) is 2.36. The van der Waals surface area contributed by atoms with Gasteiger partial charge in [-0.25, -0.2) is 0 Å². The van der Waals surface area contributed by atoms with Crippen LogP contribution >= 0.6 is 0 Å². The van der Waals surface area contributed by atoms with Crippen LogP contribution in [-0.2, 0) is 16.1 Å². The fourth-order valence-electron chi connectivity index (χ4n) is 1.16. The first-order chi connectivity index (χ1) is 8.13. The van der Waals surface area contributed by atoms with E-state index in [-0.39, 0.29) is 6.04 Å². The SMILES string of the molecule is CC[C@@H](C)NC(=O)C(=O)NCc1cccnc1. The number of nitrogens with one attached hydrogen (secondary N) is 2. The lowest BCUT2D eigenvalue weighted by Gasteiger charge is -2.11. The first-order valence-corrected chi connectivity index (χ1v) is 5.61. The topological polar surface area (TPSA) is 71.1 Å². The van der Waals surface area contributed by atoms with Crippen molar-refractivity contribution in [3.05, 3.63) is 30.1 Å². The van der Waals surface area contributed by atoms with Gasteiger partial charge in [0.15, 0.2) is 0 Å². The van der Waals surface area contributed by atoms with Crippen molar-refractivity contribution in [1.29, 1.82) is 0 Å². The van der Waals surface area contributed by atoms with Gasteiger partial charge in [-0.15, -0.1) is 0 Å². The molecule has 0 spiro atoms. The lowest BCUT2D eigenvalue weighted by atomic mass is 10.2. The summed E-state index contributed by atoms with van der Waals surface area (Å²) in [7, 11) is 0. The molecule has 0 aliphatic rings. The van der Waals surface area contributed by atoms with E-state index in [2.05, 4.69) is 15.6 Å². The van der Waals surface area contributed by atoms with Gasteiger partial charge in [-0.3, -0.25) is 14.6 Å². The van der Waals surface area contributed by atoms with Crippen molar-refractivity contribution in [2.75, 3.05) is 0 Å². The zero-order valence-electron chi connectivity index (χ0n) is 10.1. The number of pyridine rings is 1. The predicted molar refractivity (Wildman–Crippen MR) is 64.0 cm³/mol. The van der Waals surface area contributed by atoms with Gasteiger partial charge in [0.05, 0.1) is 0 Å². The number of aromatic nitrogens is 1. The third-order valence-corrected chi connectivity index (χ3v) is 2.37. The van der Waals surface area contributed by atoms with Crippen LogP contribution < -0.4 is 10.6 Å². The Kier molecular flexibility index (Phi) is 5.13. The van der Waals surface area contributed by atoms with Crippen LogP contribution in [0.2, 0.25) is 0 Å². The molecule has 0 unspecified atom stereocenters. The molecule has 0 aliphatic heterocycles. The molecule has 0 fully saturated rings. The maximum absolute atomic E-state index is 11.4. The second-order valence-corrected chi connectivity index (χ2v) is 3.83. The summed E-state index contributed by atoms with van der Waals surface area (Å²) in [6.45, 7) is 4.10. The third kappa shape index (κ3) is 4.63. The highest BCUT2D eigenvalue weighted by Gasteiger charge is 2.14. The monoisotopic (exact) mass is 235 g/mol.